The van der Waals surface area contributed by atoms with Crippen LogP contribution in [0.25, 0.3) is 0 Å². The van der Waals surface area contributed by atoms with Gasteiger partial charge in [-0.1, -0.05) is 18.2 Å². The SMILES string of the molecule is C=CCCCN(C)C(=NC)NCCCCN1C(=O)c2ccccc2C1=O. The lowest BCUT2D eigenvalue weighted by Gasteiger charge is -2.22. The minimum atomic E-state index is -0.184. The van der Waals surface area contributed by atoms with Gasteiger partial charge < -0.3 is 10.2 Å². The number of nitrogens with zero attached hydrogens (tertiary/aromatic N) is 3. The van der Waals surface area contributed by atoms with Gasteiger partial charge in [0.2, 0.25) is 0 Å². The fourth-order valence-electron chi connectivity index (χ4n) is 3.00. The summed E-state index contributed by atoms with van der Waals surface area (Å²) >= 11 is 0. The second kappa shape index (κ2) is 9.75. The molecule has 0 bridgehead atoms. The molecule has 6 nitrogen and oxygen atoms in total. The number of carbonyl (C=O) groups excluding carboxylic acids is 2. The summed E-state index contributed by atoms with van der Waals surface area (Å²) in [6, 6.07) is 7.00. The summed E-state index contributed by atoms with van der Waals surface area (Å²) in [5, 5.41) is 3.32. The van der Waals surface area contributed by atoms with Crippen LogP contribution in [0.4, 0.5) is 0 Å². The van der Waals surface area contributed by atoms with Crippen molar-refractivity contribution >= 4 is 17.8 Å². The predicted octanol–water partition coefficient (Wildman–Crippen LogP) is 2.54. The summed E-state index contributed by atoms with van der Waals surface area (Å²) in [4.78, 5) is 32.3. The lowest BCUT2D eigenvalue weighted by Crippen LogP contribution is -2.40. The van der Waals surface area contributed by atoms with Crippen LogP contribution in [0.15, 0.2) is 41.9 Å². The molecule has 1 aromatic carbocycles. The number of nitrogens with one attached hydrogen (secondary N) is 1. The predicted molar refractivity (Wildman–Crippen MR) is 104 cm³/mol. The van der Waals surface area contributed by atoms with Crippen LogP contribution in [0.2, 0.25) is 0 Å². The van der Waals surface area contributed by atoms with Crippen LogP contribution in [0.5, 0.6) is 0 Å². The van der Waals surface area contributed by atoms with Gasteiger partial charge >= 0.3 is 0 Å². The molecule has 0 aromatic heterocycles. The van der Waals surface area contributed by atoms with Crippen LogP contribution in [-0.4, -0.2) is 61.3 Å². The molecule has 0 spiro atoms. The third kappa shape index (κ3) is 4.71. The van der Waals surface area contributed by atoms with Crippen LogP contribution in [0, 0.1) is 0 Å². The Labute approximate surface area is 155 Å². The molecular formula is C20H28N4O2. The maximum absolute atomic E-state index is 12.3. The largest absolute Gasteiger partial charge is 0.356 e. The number of imide groups is 1. The van der Waals surface area contributed by atoms with E-state index in [0.717, 1.165) is 44.7 Å². The molecule has 1 aliphatic rings. The van der Waals surface area contributed by atoms with E-state index in [1.54, 1.807) is 31.3 Å². The van der Waals surface area contributed by atoms with Crippen molar-refractivity contribution in [1.82, 2.24) is 15.1 Å². The summed E-state index contributed by atoms with van der Waals surface area (Å²) in [7, 11) is 3.78. The summed E-state index contributed by atoms with van der Waals surface area (Å²) in [5.74, 6) is 0.488. The number of hydrogen-bond donors (Lipinski definition) is 1. The molecule has 2 amide bonds. The average molecular weight is 356 g/mol. The van der Waals surface area contributed by atoms with Gasteiger partial charge in [0.15, 0.2) is 5.96 Å². The monoisotopic (exact) mass is 356 g/mol. The molecule has 0 radical (unpaired) electrons. The van der Waals surface area contributed by atoms with Gasteiger partial charge in [0, 0.05) is 33.7 Å². The van der Waals surface area contributed by atoms with Crippen molar-refractivity contribution in [2.45, 2.75) is 25.7 Å². The summed E-state index contributed by atoms with van der Waals surface area (Å²) in [6.07, 6.45) is 5.56. The third-order valence-electron chi connectivity index (χ3n) is 4.44. The van der Waals surface area contributed by atoms with Gasteiger partial charge in [-0.05, 0) is 37.8 Å². The molecule has 1 aliphatic heterocycles. The summed E-state index contributed by atoms with van der Waals surface area (Å²) < 4.78 is 0. The van der Waals surface area contributed by atoms with Gasteiger partial charge in [-0.2, -0.15) is 0 Å². The smallest absolute Gasteiger partial charge is 0.261 e. The Morgan fingerprint density at radius 3 is 2.42 bits per heavy atom. The topological polar surface area (TPSA) is 65.0 Å². The number of amides is 2. The first-order chi connectivity index (χ1) is 12.6. The highest BCUT2D eigenvalue weighted by molar-refractivity contribution is 6.21. The van der Waals surface area contributed by atoms with Crippen LogP contribution in [0.3, 0.4) is 0 Å². The third-order valence-corrected chi connectivity index (χ3v) is 4.44. The quantitative estimate of drug-likeness (QED) is 0.243. The van der Waals surface area contributed by atoms with Crippen molar-refractivity contribution in [1.29, 1.82) is 0 Å². The van der Waals surface area contributed by atoms with Crippen LogP contribution in [0.1, 0.15) is 46.4 Å². The zero-order chi connectivity index (χ0) is 18.9. The minimum absolute atomic E-state index is 0.184. The molecule has 0 saturated heterocycles. The van der Waals surface area contributed by atoms with Crippen LogP contribution < -0.4 is 5.32 Å². The minimum Gasteiger partial charge on any atom is -0.356 e. The average Bonchev–Trinajstić information content (AvgIpc) is 2.89. The van der Waals surface area contributed by atoms with E-state index in [-0.39, 0.29) is 11.8 Å². The molecule has 26 heavy (non-hydrogen) atoms. The van der Waals surface area contributed by atoms with Crippen molar-refractivity contribution in [2.24, 2.45) is 4.99 Å². The van der Waals surface area contributed by atoms with Crippen molar-refractivity contribution in [3.05, 3.63) is 48.0 Å². The molecular weight excluding hydrogens is 328 g/mol. The Hall–Kier alpha value is -2.63. The van der Waals surface area contributed by atoms with Gasteiger partial charge in [-0.15, -0.1) is 6.58 Å². The Morgan fingerprint density at radius 1 is 1.19 bits per heavy atom. The van der Waals surface area contributed by atoms with E-state index in [2.05, 4.69) is 21.8 Å². The highest BCUT2D eigenvalue weighted by Crippen LogP contribution is 2.22. The van der Waals surface area contributed by atoms with E-state index in [1.807, 2.05) is 13.1 Å². The fourth-order valence-corrected chi connectivity index (χ4v) is 3.00. The Balaban J connectivity index is 1.72. The molecule has 0 atom stereocenters. The van der Waals surface area contributed by atoms with Crippen LogP contribution >= 0.6 is 0 Å². The van der Waals surface area contributed by atoms with E-state index in [0.29, 0.717) is 17.7 Å². The number of rotatable bonds is 9. The van der Waals surface area contributed by atoms with Gasteiger partial charge in [0.1, 0.15) is 0 Å². The van der Waals surface area contributed by atoms with E-state index in [4.69, 9.17) is 0 Å². The molecule has 0 fully saturated rings. The second-order valence-electron chi connectivity index (χ2n) is 6.34. The lowest BCUT2D eigenvalue weighted by molar-refractivity contribution is 0.0652. The van der Waals surface area contributed by atoms with E-state index >= 15 is 0 Å². The number of benzene rings is 1. The first-order valence-electron chi connectivity index (χ1n) is 9.08. The Kier molecular flexibility index (Phi) is 7.38. The zero-order valence-corrected chi connectivity index (χ0v) is 15.7. The fraction of sp³-hybridized carbons (Fsp3) is 0.450. The van der Waals surface area contributed by atoms with Crippen molar-refractivity contribution in [3.8, 4) is 0 Å². The first kappa shape index (κ1) is 19.7. The second-order valence-corrected chi connectivity index (χ2v) is 6.34. The number of allylic oxidation sites excluding steroid dienone is 1. The molecule has 1 N–H and O–H groups in total. The molecule has 6 heteroatoms. The maximum atomic E-state index is 12.3. The van der Waals surface area contributed by atoms with Crippen LogP contribution in [-0.2, 0) is 0 Å². The first-order valence-corrected chi connectivity index (χ1v) is 9.08. The van der Waals surface area contributed by atoms with E-state index in [9.17, 15) is 9.59 Å². The normalized spacial score (nSPS) is 13.8. The molecule has 1 aromatic rings. The maximum Gasteiger partial charge on any atom is 0.261 e. The van der Waals surface area contributed by atoms with Gasteiger partial charge in [0.25, 0.3) is 11.8 Å². The zero-order valence-electron chi connectivity index (χ0n) is 15.7. The summed E-state index contributed by atoms with van der Waals surface area (Å²) in [6.45, 7) is 5.85. The summed E-state index contributed by atoms with van der Waals surface area (Å²) in [5.41, 5.74) is 1.02. The standard InChI is InChI=1S/C20H28N4O2/c1-4-5-9-14-23(3)20(21-2)22-13-8-10-15-24-18(25)16-11-6-7-12-17(16)19(24)26/h4,6-7,11-12H,1,5,8-10,13-15H2,2-3H3,(H,21,22). The Bertz CT molecular complexity index is 649. The molecule has 2 rings (SSSR count). The van der Waals surface area contributed by atoms with Gasteiger partial charge in [-0.3, -0.25) is 19.5 Å². The number of aliphatic imine (C=N–C) groups is 1. The number of carbonyl (C=O) groups is 2. The van der Waals surface area contributed by atoms with Crippen molar-refractivity contribution in [3.63, 3.8) is 0 Å². The number of fused-ring (bicyclic) bond motifs is 1. The highest BCUT2D eigenvalue weighted by Gasteiger charge is 2.34. The van der Waals surface area contributed by atoms with Gasteiger partial charge in [0.05, 0.1) is 11.1 Å². The molecule has 1 heterocycles. The van der Waals surface area contributed by atoms with Crippen molar-refractivity contribution < 1.29 is 9.59 Å². The van der Waals surface area contributed by atoms with E-state index < -0.39 is 0 Å². The number of hydrogen-bond acceptors (Lipinski definition) is 3. The molecule has 0 aliphatic carbocycles. The molecule has 140 valence electrons. The highest BCUT2D eigenvalue weighted by atomic mass is 16.2. The lowest BCUT2D eigenvalue weighted by atomic mass is 10.1. The van der Waals surface area contributed by atoms with E-state index in [1.165, 1.54) is 4.90 Å². The number of unbranched alkanes of at least 4 members (excludes halogenated alkanes) is 2. The molecule has 0 unspecified atom stereocenters. The van der Waals surface area contributed by atoms with Crippen molar-refractivity contribution in [2.75, 3.05) is 33.7 Å². The number of guanidine groups is 1. The Morgan fingerprint density at radius 2 is 1.85 bits per heavy atom. The molecule has 0 saturated carbocycles. The van der Waals surface area contributed by atoms with Gasteiger partial charge in [-0.25, -0.2) is 0 Å².